The van der Waals surface area contributed by atoms with Gasteiger partial charge in [-0.3, -0.25) is 14.1 Å². The maximum absolute atomic E-state index is 13.3. The summed E-state index contributed by atoms with van der Waals surface area (Å²) in [5, 5.41) is 3.42. The predicted molar refractivity (Wildman–Crippen MR) is 188 cm³/mol. The van der Waals surface area contributed by atoms with Crippen molar-refractivity contribution in [1.29, 1.82) is 0 Å². The summed E-state index contributed by atoms with van der Waals surface area (Å²) in [6.45, 7) is 15.6. The van der Waals surface area contributed by atoms with E-state index in [0.29, 0.717) is 34.4 Å². The van der Waals surface area contributed by atoms with E-state index in [0.717, 1.165) is 61.9 Å². The minimum atomic E-state index is -0.521. The van der Waals surface area contributed by atoms with E-state index in [9.17, 15) is 9.59 Å². The summed E-state index contributed by atoms with van der Waals surface area (Å²) in [4.78, 5) is 26.0. The van der Waals surface area contributed by atoms with Gasteiger partial charge in [0.15, 0.2) is 0 Å². The van der Waals surface area contributed by atoms with Gasteiger partial charge in [-0.05, 0) is 137 Å². The van der Waals surface area contributed by atoms with Crippen molar-refractivity contribution < 1.29 is 26.7 Å². The SMILES string of the molecule is C[C@H](CCC(=O)NC1CC[N+](COC(=O)C(C)(C)C)(c2ccccc2)CC1)[C@H]1CC[C@H]2[C@@H]3CCC4CCCC[C@]4(C)[C@H]3CC[C@]12C.[Cl-]. The van der Waals surface area contributed by atoms with Gasteiger partial charge in [0.25, 0.3) is 0 Å². The van der Waals surface area contributed by atoms with E-state index in [4.69, 9.17) is 4.74 Å². The number of benzene rings is 1. The molecule has 0 bridgehead atoms. The van der Waals surface area contributed by atoms with Gasteiger partial charge in [-0.15, -0.1) is 0 Å². The van der Waals surface area contributed by atoms with Crippen molar-refractivity contribution in [2.24, 2.45) is 51.8 Å². The summed E-state index contributed by atoms with van der Waals surface area (Å²) in [5.74, 6) is 5.23. The van der Waals surface area contributed by atoms with Gasteiger partial charge in [-0.1, -0.05) is 51.8 Å². The zero-order valence-corrected chi connectivity index (χ0v) is 31.3. The molecule has 1 aliphatic heterocycles. The summed E-state index contributed by atoms with van der Waals surface area (Å²) in [6.07, 6.45) is 18.0. The quantitative estimate of drug-likeness (QED) is 0.262. The van der Waals surface area contributed by atoms with E-state index in [-0.39, 0.29) is 30.3 Å². The average Bonchev–Trinajstić information content (AvgIpc) is 3.40. The molecule has 1 amide bonds. The lowest BCUT2D eigenvalue weighted by molar-refractivity contribution is -0.158. The molecule has 1 aromatic rings. The smallest absolute Gasteiger partial charge is 0.315 e. The molecule has 1 aromatic carbocycles. The van der Waals surface area contributed by atoms with Crippen molar-refractivity contribution in [2.75, 3.05) is 19.8 Å². The Balaban J connectivity index is 0.00000433. The Morgan fingerprint density at radius 1 is 0.894 bits per heavy atom. The van der Waals surface area contributed by atoms with Crippen molar-refractivity contribution in [3.63, 3.8) is 0 Å². The third-order valence-electron chi connectivity index (χ3n) is 14.7. The minimum absolute atomic E-state index is 0. The molecule has 6 heteroatoms. The molecular weight excluding hydrogens is 604 g/mol. The number of piperidine rings is 1. The van der Waals surface area contributed by atoms with Crippen LogP contribution in [0.1, 0.15) is 131 Å². The number of hydrogen-bond acceptors (Lipinski definition) is 3. The molecule has 1 unspecified atom stereocenters. The number of carbonyl (C=O) groups is 2. The second-order valence-corrected chi connectivity index (χ2v) is 18.2. The Bertz CT molecular complexity index is 1220. The zero-order chi connectivity index (χ0) is 32.7. The average molecular weight is 669 g/mol. The number of ether oxygens (including phenoxy) is 1. The van der Waals surface area contributed by atoms with Gasteiger partial charge >= 0.3 is 5.97 Å². The number of nitrogens with one attached hydrogen (secondary N) is 1. The Morgan fingerprint density at radius 2 is 1.60 bits per heavy atom. The summed E-state index contributed by atoms with van der Waals surface area (Å²) >= 11 is 0. The molecule has 5 aliphatic rings. The number of carbonyl (C=O) groups excluding carboxylic acids is 2. The number of para-hydroxylation sites is 1. The minimum Gasteiger partial charge on any atom is -1.00 e. The molecule has 5 nitrogen and oxygen atoms in total. The van der Waals surface area contributed by atoms with Crippen molar-refractivity contribution >= 4 is 17.6 Å². The van der Waals surface area contributed by atoms with Gasteiger partial charge in [-0.25, -0.2) is 0 Å². The van der Waals surface area contributed by atoms with Gasteiger partial charge in [0.05, 0.1) is 18.5 Å². The topological polar surface area (TPSA) is 55.4 Å². The molecule has 6 rings (SSSR count). The van der Waals surface area contributed by atoms with Crippen LogP contribution in [-0.4, -0.2) is 37.7 Å². The molecule has 0 spiro atoms. The van der Waals surface area contributed by atoms with Crippen molar-refractivity contribution in [2.45, 2.75) is 137 Å². The van der Waals surface area contributed by atoms with Crippen LogP contribution >= 0.6 is 0 Å². The largest absolute Gasteiger partial charge is 1.00 e. The fraction of sp³-hybridized carbons (Fsp3) is 0.805. The Labute approximate surface area is 292 Å². The normalized spacial score (nSPS) is 38.9. The Hall–Kier alpha value is -1.59. The number of amides is 1. The molecule has 4 aliphatic carbocycles. The highest BCUT2D eigenvalue weighted by Crippen LogP contribution is 2.68. The molecule has 5 fully saturated rings. The monoisotopic (exact) mass is 668 g/mol. The highest BCUT2D eigenvalue weighted by Gasteiger charge is 2.60. The van der Waals surface area contributed by atoms with Gasteiger partial charge in [-0.2, -0.15) is 0 Å². The van der Waals surface area contributed by atoms with Gasteiger partial charge in [0, 0.05) is 25.3 Å². The fourth-order valence-corrected chi connectivity index (χ4v) is 11.9. The number of rotatable bonds is 8. The second kappa shape index (κ2) is 14.3. The summed E-state index contributed by atoms with van der Waals surface area (Å²) in [6, 6.07) is 10.6. The number of likely N-dealkylation sites (tertiary alicyclic amines) is 1. The van der Waals surface area contributed by atoms with Crippen LogP contribution in [0.2, 0.25) is 0 Å². The van der Waals surface area contributed by atoms with Gasteiger partial charge in [0.2, 0.25) is 12.6 Å². The van der Waals surface area contributed by atoms with Crippen LogP contribution in [0.15, 0.2) is 30.3 Å². The molecule has 8 atom stereocenters. The first-order valence-corrected chi connectivity index (χ1v) is 19.2. The lowest BCUT2D eigenvalue weighted by atomic mass is 9.44. The molecule has 1 saturated heterocycles. The van der Waals surface area contributed by atoms with Crippen molar-refractivity contribution in [1.82, 2.24) is 9.80 Å². The standard InChI is InChI=1S/C41H64N2O3.ClH/c1-29(34-18-19-35-33-17-16-30-12-10-11-24-40(30,5)36(33)21-25-41(34,35)6)15-20-37(44)42-31-22-26-43(27-23-31,32-13-8-7-9-14-32)28-46-38(45)39(2,3)4;/h7-9,13-14,29-31,33-36H,10-12,15-28H2,1-6H3;1H/t29-,30?,31?,33+,34-,35+,36+,40+,41-,43?;/m1./s1. The Morgan fingerprint density at radius 3 is 2.30 bits per heavy atom. The van der Waals surface area contributed by atoms with Crippen LogP contribution in [0, 0.1) is 51.8 Å². The van der Waals surface area contributed by atoms with Crippen LogP contribution in [0.4, 0.5) is 5.69 Å². The molecule has 0 aromatic heterocycles. The fourth-order valence-electron chi connectivity index (χ4n) is 11.9. The van der Waals surface area contributed by atoms with E-state index >= 15 is 0 Å². The van der Waals surface area contributed by atoms with E-state index in [2.05, 4.69) is 50.4 Å². The van der Waals surface area contributed by atoms with E-state index < -0.39 is 5.41 Å². The number of halogens is 1. The first-order chi connectivity index (χ1) is 21.9. The predicted octanol–water partition coefficient (Wildman–Crippen LogP) is 6.29. The van der Waals surface area contributed by atoms with Crippen LogP contribution in [0.25, 0.3) is 0 Å². The van der Waals surface area contributed by atoms with Gasteiger partial charge < -0.3 is 22.5 Å². The maximum Gasteiger partial charge on any atom is 0.315 e. The molecule has 47 heavy (non-hydrogen) atoms. The molecular formula is C41H65ClN2O3. The molecule has 4 saturated carbocycles. The van der Waals surface area contributed by atoms with Gasteiger partial charge in [0.1, 0.15) is 5.69 Å². The van der Waals surface area contributed by atoms with E-state index in [1.54, 1.807) is 0 Å². The summed E-state index contributed by atoms with van der Waals surface area (Å²) < 4.78 is 6.52. The van der Waals surface area contributed by atoms with Crippen LogP contribution in [0.5, 0.6) is 0 Å². The molecule has 264 valence electrons. The second-order valence-electron chi connectivity index (χ2n) is 18.2. The highest BCUT2D eigenvalue weighted by atomic mass is 35.5. The van der Waals surface area contributed by atoms with Crippen LogP contribution in [0.3, 0.4) is 0 Å². The molecule has 1 N–H and O–H groups in total. The number of esters is 1. The molecule has 1 heterocycles. The molecule has 0 radical (unpaired) electrons. The number of fused-ring (bicyclic) bond motifs is 5. The first-order valence-electron chi connectivity index (χ1n) is 19.2. The Kier molecular flexibility index (Phi) is 11.2. The van der Waals surface area contributed by atoms with E-state index in [1.807, 2.05) is 26.8 Å². The number of hydrogen-bond donors (Lipinski definition) is 1. The third-order valence-corrected chi connectivity index (χ3v) is 14.7. The van der Waals surface area contributed by atoms with Crippen molar-refractivity contribution in [3.05, 3.63) is 30.3 Å². The first kappa shape index (κ1) is 36.7. The van der Waals surface area contributed by atoms with E-state index in [1.165, 1.54) is 69.9 Å². The maximum atomic E-state index is 13.3. The lowest BCUT2D eigenvalue weighted by Gasteiger charge is -2.61. The van der Waals surface area contributed by atoms with Crippen molar-refractivity contribution in [3.8, 4) is 0 Å². The number of nitrogens with zero attached hydrogens (tertiary/aromatic N) is 1. The zero-order valence-electron chi connectivity index (χ0n) is 30.5. The van der Waals surface area contributed by atoms with Crippen LogP contribution < -0.4 is 22.2 Å². The summed E-state index contributed by atoms with van der Waals surface area (Å²) in [7, 11) is 0. The lowest BCUT2D eigenvalue weighted by Crippen LogP contribution is -3.00. The highest BCUT2D eigenvalue weighted by molar-refractivity contribution is 5.76. The summed E-state index contributed by atoms with van der Waals surface area (Å²) in [5.41, 5.74) is 1.74. The third kappa shape index (κ3) is 7.19. The number of quaternary nitrogens is 1. The van der Waals surface area contributed by atoms with Crippen LogP contribution in [-0.2, 0) is 14.3 Å².